The van der Waals surface area contributed by atoms with Crippen molar-refractivity contribution in [2.45, 2.75) is 26.1 Å². The molecule has 0 fully saturated rings. The molecule has 1 N–H and O–H groups in total. The van der Waals surface area contributed by atoms with Gasteiger partial charge in [0.2, 0.25) is 0 Å². The van der Waals surface area contributed by atoms with E-state index in [0.29, 0.717) is 12.1 Å². The molecule has 0 unspecified atom stereocenters. The van der Waals surface area contributed by atoms with Crippen molar-refractivity contribution < 1.29 is 4.39 Å². The van der Waals surface area contributed by atoms with Crippen LogP contribution in [0.3, 0.4) is 0 Å². The second-order valence-electron chi connectivity index (χ2n) is 4.42. The fourth-order valence-corrected chi connectivity index (χ4v) is 1.84. The largest absolute Gasteiger partial charge is 0.308 e. The fourth-order valence-electron chi connectivity index (χ4n) is 1.84. The number of benzene rings is 1. The Morgan fingerprint density at radius 3 is 3.05 bits per heavy atom. The van der Waals surface area contributed by atoms with E-state index in [1.54, 1.807) is 12.3 Å². The van der Waals surface area contributed by atoms with Gasteiger partial charge in [-0.1, -0.05) is 6.07 Å². The summed E-state index contributed by atoms with van der Waals surface area (Å²) in [6.07, 6.45) is 3.64. The van der Waals surface area contributed by atoms with Gasteiger partial charge in [0, 0.05) is 25.0 Å². The van der Waals surface area contributed by atoms with Crippen LogP contribution in [0.5, 0.6) is 0 Å². The summed E-state index contributed by atoms with van der Waals surface area (Å²) >= 11 is 0. The lowest BCUT2D eigenvalue weighted by molar-refractivity contribution is 0.450. The summed E-state index contributed by atoms with van der Waals surface area (Å²) in [6.45, 7) is 3.32. The second-order valence-corrected chi connectivity index (χ2v) is 4.42. The third-order valence-electron chi connectivity index (χ3n) is 2.85. The minimum Gasteiger partial charge on any atom is -0.308 e. The van der Waals surface area contributed by atoms with Crippen molar-refractivity contribution in [2.24, 2.45) is 0 Å². The predicted molar refractivity (Wildman–Crippen MR) is 69.6 cm³/mol. The van der Waals surface area contributed by atoms with Crippen LogP contribution in [0, 0.1) is 17.1 Å². The Balaban J connectivity index is 1.93. The number of nitriles is 1. The summed E-state index contributed by atoms with van der Waals surface area (Å²) in [4.78, 5) is 0. The van der Waals surface area contributed by atoms with E-state index in [1.165, 1.54) is 12.1 Å². The van der Waals surface area contributed by atoms with Gasteiger partial charge < -0.3 is 5.32 Å². The van der Waals surface area contributed by atoms with Crippen LogP contribution >= 0.6 is 0 Å². The van der Waals surface area contributed by atoms with E-state index in [-0.39, 0.29) is 11.9 Å². The normalized spacial score (nSPS) is 12.1. The zero-order valence-electron chi connectivity index (χ0n) is 10.7. The molecule has 2 rings (SSSR count). The highest BCUT2D eigenvalue weighted by molar-refractivity contribution is 5.37. The van der Waals surface area contributed by atoms with Crippen molar-refractivity contribution in [3.63, 3.8) is 0 Å². The first-order valence-corrected chi connectivity index (χ1v) is 6.08. The van der Waals surface area contributed by atoms with Crippen LogP contribution in [0.1, 0.15) is 18.1 Å². The highest BCUT2D eigenvalue weighted by Gasteiger charge is 2.07. The standard InChI is InChI=1S/C14H15FN4/c1-11(10-19-6-2-5-18-19)17-9-12-3-4-14(15)7-13(12)8-16/h2-7,11,17H,9-10H2,1H3/t11-/m1/s1. The fraction of sp³-hybridized carbons (Fsp3) is 0.286. The molecule has 0 aliphatic carbocycles. The average molecular weight is 258 g/mol. The summed E-state index contributed by atoms with van der Waals surface area (Å²) in [5.74, 6) is -0.384. The first-order chi connectivity index (χ1) is 9.19. The van der Waals surface area contributed by atoms with Crippen LogP contribution in [0.4, 0.5) is 4.39 Å². The third kappa shape index (κ3) is 3.63. The van der Waals surface area contributed by atoms with Gasteiger partial charge in [-0.3, -0.25) is 4.68 Å². The molecule has 98 valence electrons. The molecule has 1 heterocycles. The van der Waals surface area contributed by atoms with E-state index >= 15 is 0 Å². The molecule has 2 aromatic rings. The van der Waals surface area contributed by atoms with Gasteiger partial charge in [0.05, 0.1) is 18.2 Å². The van der Waals surface area contributed by atoms with Gasteiger partial charge in [-0.25, -0.2) is 4.39 Å². The van der Waals surface area contributed by atoms with Crippen molar-refractivity contribution in [1.29, 1.82) is 5.26 Å². The molecule has 0 saturated carbocycles. The average Bonchev–Trinajstić information content (AvgIpc) is 2.90. The van der Waals surface area contributed by atoms with Crippen molar-refractivity contribution >= 4 is 0 Å². The summed E-state index contributed by atoms with van der Waals surface area (Å²) < 4.78 is 14.8. The molecule has 0 aliphatic heterocycles. The van der Waals surface area contributed by atoms with E-state index in [1.807, 2.05) is 29.9 Å². The summed E-state index contributed by atoms with van der Waals surface area (Å²) in [6, 6.07) is 8.36. The van der Waals surface area contributed by atoms with Crippen LogP contribution in [0.25, 0.3) is 0 Å². The van der Waals surface area contributed by atoms with Crippen molar-refractivity contribution in [3.05, 3.63) is 53.6 Å². The van der Waals surface area contributed by atoms with Crippen LogP contribution in [-0.2, 0) is 13.1 Å². The Kier molecular flexibility index (Phi) is 4.26. The molecular formula is C14H15FN4. The lowest BCUT2D eigenvalue weighted by atomic mass is 10.1. The first-order valence-electron chi connectivity index (χ1n) is 6.08. The third-order valence-corrected chi connectivity index (χ3v) is 2.85. The molecule has 0 aliphatic rings. The number of hydrogen-bond acceptors (Lipinski definition) is 3. The SMILES string of the molecule is C[C@H](Cn1cccn1)NCc1ccc(F)cc1C#N. The molecule has 1 atom stereocenters. The smallest absolute Gasteiger partial charge is 0.124 e. The quantitative estimate of drug-likeness (QED) is 0.893. The lowest BCUT2D eigenvalue weighted by Gasteiger charge is -2.14. The molecule has 0 saturated heterocycles. The Bertz CT molecular complexity index is 572. The molecule has 19 heavy (non-hydrogen) atoms. The first kappa shape index (κ1) is 13.2. The van der Waals surface area contributed by atoms with Gasteiger partial charge in [0.25, 0.3) is 0 Å². The van der Waals surface area contributed by atoms with Gasteiger partial charge in [-0.05, 0) is 30.7 Å². The molecule has 4 nitrogen and oxygen atoms in total. The van der Waals surface area contributed by atoms with Gasteiger partial charge in [0.1, 0.15) is 5.82 Å². The van der Waals surface area contributed by atoms with E-state index in [0.717, 1.165) is 12.1 Å². The van der Waals surface area contributed by atoms with Gasteiger partial charge in [0.15, 0.2) is 0 Å². The topological polar surface area (TPSA) is 53.6 Å². The summed E-state index contributed by atoms with van der Waals surface area (Å²) in [7, 11) is 0. The summed E-state index contributed by atoms with van der Waals surface area (Å²) in [5, 5.41) is 16.4. The van der Waals surface area contributed by atoms with E-state index in [4.69, 9.17) is 5.26 Å². The highest BCUT2D eigenvalue weighted by Crippen LogP contribution is 2.10. The number of halogens is 1. The molecule has 0 amide bonds. The number of rotatable bonds is 5. The van der Waals surface area contributed by atoms with Gasteiger partial charge in [-0.15, -0.1) is 0 Å². The molecule has 1 aromatic heterocycles. The zero-order valence-corrected chi connectivity index (χ0v) is 10.7. The lowest BCUT2D eigenvalue weighted by Crippen LogP contribution is -2.30. The van der Waals surface area contributed by atoms with E-state index in [2.05, 4.69) is 10.4 Å². The Hall–Kier alpha value is -2.19. The zero-order chi connectivity index (χ0) is 13.7. The maximum Gasteiger partial charge on any atom is 0.124 e. The number of nitrogens with one attached hydrogen (secondary N) is 1. The number of aromatic nitrogens is 2. The highest BCUT2D eigenvalue weighted by atomic mass is 19.1. The van der Waals surface area contributed by atoms with Gasteiger partial charge >= 0.3 is 0 Å². The maximum atomic E-state index is 13.0. The van der Waals surface area contributed by atoms with Crippen LogP contribution in [0.2, 0.25) is 0 Å². The molecule has 0 radical (unpaired) electrons. The molecule has 1 aromatic carbocycles. The van der Waals surface area contributed by atoms with Gasteiger partial charge in [-0.2, -0.15) is 10.4 Å². The summed E-state index contributed by atoms with van der Waals surface area (Å²) in [5.41, 5.74) is 1.18. The van der Waals surface area contributed by atoms with Crippen LogP contribution in [0.15, 0.2) is 36.7 Å². The van der Waals surface area contributed by atoms with Crippen LogP contribution < -0.4 is 5.32 Å². The molecular weight excluding hydrogens is 243 g/mol. The van der Waals surface area contributed by atoms with E-state index in [9.17, 15) is 4.39 Å². The van der Waals surface area contributed by atoms with E-state index < -0.39 is 0 Å². The monoisotopic (exact) mass is 258 g/mol. The van der Waals surface area contributed by atoms with Crippen LogP contribution in [-0.4, -0.2) is 15.8 Å². The predicted octanol–water partition coefficient (Wildman–Crippen LogP) is 2.07. The second kappa shape index (κ2) is 6.12. The van der Waals surface area contributed by atoms with Crippen molar-refractivity contribution in [2.75, 3.05) is 0 Å². The number of nitrogens with zero attached hydrogens (tertiary/aromatic N) is 3. The van der Waals surface area contributed by atoms with Crippen molar-refractivity contribution in [3.8, 4) is 6.07 Å². The molecule has 0 spiro atoms. The van der Waals surface area contributed by atoms with Crippen molar-refractivity contribution in [1.82, 2.24) is 15.1 Å². The Labute approximate surface area is 111 Å². The molecule has 0 bridgehead atoms. The minimum absolute atomic E-state index is 0.205. The number of hydrogen-bond donors (Lipinski definition) is 1. The Morgan fingerprint density at radius 2 is 2.37 bits per heavy atom. The minimum atomic E-state index is -0.384. The molecule has 5 heteroatoms. The Morgan fingerprint density at radius 1 is 1.53 bits per heavy atom. The maximum absolute atomic E-state index is 13.0.